The maximum atomic E-state index is 12.4. The Morgan fingerprint density at radius 3 is 2.30 bits per heavy atom. The number of hydrogen-bond acceptors (Lipinski definition) is 3. The van der Waals surface area contributed by atoms with Crippen LogP contribution in [0.5, 0.6) is 0 Å². The van der Waals surface area contributed by atoms with Crippen LogP contribution in [0, 0.1) is 0 Å². The van der Waals surface area contributed by atoms with Gasteiger partial charge in [0.1, 0.15) is 6.54 Å². The number of fused-ring (bicyclic) bond motifs is 1. The minimum absolute atomic E-state index is 0.135. The molecular formula is C22H17N3O2. The van der Waals surface area contributed by atoms with Crippen molar-refractivity contribution in [2.75, 3.05) is 5.32 Å². The smallest absolute Gasteiger partial charge is 0.275 e. The normalized spacial score (nSPS) is 10.7. The van der Waals surface area contributed by atoms with Crippen molar-refractivity contribution >= 4 is 22.4 Å². The molecule has 4 rings (SSSR count). The van der Waals surface area contributed by atoms with Crippen molar-refractivity contribution in [2.45, 2.75) is 6.54 Å². The number of amides is 1. The standard InChI is InChI=1S/C22H17N3O2/c26-21(15-25-22(27)20-9-5-4-8-18(20)14-23-25)24-19-12-10-17(11-13-19)16-6-2-1-3-7-16/h1-14H,15H2,(H,24,26). The van der Waals surface area contributed by atoms with E-state index in [4.69, 9.17) is 0 Å². The topological polar surface area (TPSA) is 64.0 Å². The van der Waals surface area contributed by atoms with Crippen LogP contribution < -0.4 is 10.9 Å². The Bertz CT molecular complexity index is 1150. The van der Waals surface area contributed by atoms with Crippen LogP contribution in [0.2, 0.25) is 0 Å². The molecule has 0 saturated carbocycles. The average Bonchev–Trinajstić information content (AvgIpc) is 2.71. The van der Waals surface area contributed by atoms with Crippen LogP contribution in [0.3, 0.4) is 0 Å². The van der Waals surface area contributed by atoms with Gasteiger partial charge in [-0.05, 0) is 29.3 Å². The largest absolute Gasteiger partial charge is 0.324 e. The van der Waals surface area contributed by atoms with Crippen molar-refractivity contribution in [3.8, 4) is 11.1 Å². The number of rotatable bonds is 4. The highest BCUT2D eigenvalue weighted by Crippen LogP contribution is 2.21. The van der Waals surface area contributed by atoms with Crippen LogP contribution >= 0.6 is 0 Å². The SMILES string of the molecule is O=C(Cn1ncc2ccccc2c1=O)Nc1ccc(-c2ccccc2)cc1. The lowest BCUT2D eigenvalue weighted by Gasteiger charge is -2.08. The molecule has 4 aromatic rings. The summed E-state index contributed by atoms with van der Waals surface area (Å²) in [5.41, 5.74) is 2.58. The van der Waals surface area contributed by atoms with Gasteiger partial charge >= 0.3 is 0 Å². The van der Waals surface area contributed by atoms with E-state index in [9.17, 15) is 9.59 Å². The fraction of sp³-hybridized carbons (Fsp3) is 0.0455. The molecule has 3 aromatic carbocycles. The molecule has 0 fully saturated rings. The molecule has 0 spiro atoms. The number of carbonyl (C=O) groups excluding carboxylic acids is 1. The van der Waals surface area contributed by atoms with Crippen LogP contribution in [-0.4, -0.2) is 15.7 Å². The molecular weight excluding hydrogens is 338 g/mol. The summed E-state index contributed by atoms with van der Waals surface area (Å²) in [5, 5.41) is 8.20. The van der Waals surface area contributed by atoms with Gasteiger partial charge in [0.05, 0.1) is 11.6 Å². The monoisotopic (exact) mass is 355 g/mol. The lowest BCUT2D eigenvalue weighted by Crippen LogP contribution is -2.29. The first-order valence-corrected chi connectivity index (χ1v) is 8.61. The lowest BCUT2D eigenvalue weighted by atomic mass is 10.1. The first-order chi connectivity index (χ1) is 13.2. The fourth-order valence-corrected chi connectivity index (χ4v) is 2.95. The van der Waals surface area contributed by atoms with Crippen LogP contribution in [0.25, 0.3) is 21.9 Å². The van der Waals surface area contributed by atoms with E-state index >= 15 is 0 Å². The number of nitrogens with zero attached hydrogens (tertiary/aromatic N) is 2. The number of nitrogens with one attached hydrogen (secondary N) is 1. The van der Waals surface area contributed by atoms with Gasteiger partial charge in [0.2, 0.25) is 5.91 Å². The second-order valence-corrected chi connectivity index (χ2v) is 6.19. The number of hydrogen-bond donors (Lipinski definition) is 1. The fourth-order valence-electron chi connectivity index (χ4n) is 2.95. The molecule has 0 aliphatic rings. The van der Waals surface area contributed by atoms with Crippen molar-refractivity contribution < 1.29 is 4.79 Å². The quantitative estimate of drug-likeness (QED) is 0.607. The third-order valence-corrected chi connectivity index (χ3v) is 4.33. The lowest BCUT2D eigenvalue weighted by molar-refractivity contribution is -0.117. The van der Waals surface area contributed by atoms with Gasteiger partial charge < -0.3 is 5.32 Å². The molecule has 1 heterocycles. The summed E-state index contributed by atoms with van der Waals surface area (Å²) < 4.78 is 1.18. The Morgan fingerprint density at radius 1 is 0.852 bits per heavy atom. The van der Waals surface area contributed by atoms with Gasteiger partial charge in [-0.2, -0.15) is 5.10 Å². The molecule has 0 saturated heterocycles. The molecule has 0 aliphatic heterocycles. The number of aromatic nitrogens is 2. The first kappa shape index (κ1) is 16.7. The van der Waals surface area contributed by atoms with Gasteiger partial charge in [-0.25, -0.2) is 4.68 Å². The van der Waals surface area contributed by atoms with E-state index in [0.717, 1.165) is 16.5 Å². The summed E-state index contributed by atoms with van der Waals surface area (Å²) in [6.45, 7) is -0.135. The maximum Gasteiger partial charge on any atom is 0.275 e. The van der Waals surface area contributed by atoms with Crippen LogP contribution in [0.4, 0.5) is 5.69 Å². The number of carbonyl (C=O) groups is 1. The Balaban J connectivity index is 1.48. The molecule has 1 aromatic heterocycles. The Labute approximate surface area is 155 Å². The molecule has 5 nitrogen and oxygen atoms in total. The predicted molar refractivity (Wildman–Crippen MR) is 107 cm³/mol. The van der Waals surface area contributed by atoms with Crippen molar-refractivity contribution in [3.05, 3.63) is 95.4 Å². The Hall–Kier alpha value is -3.73. The van der Waals surface area contributed by atoms with Crippen molar-refractivity contribution in [1.82, 2.24) is 9.78 Å². The van der Waals surface area contributed by atoms with E-state index in [-0.39, 0.29) is 18.0 Å². The third kappa shape index (κ3) is 3.62. The first-order valence-electron chi connectivity index (χ1n) is 8.61. The highest BCUT2D eigenvalue weighted by Gasteiger charge is 2.09. The van der Waals surface area contributed by atoms with E-state index in [1.54, 1.807) is 18.3 Å². The van der Waals surface area contributed by atoms with Crippen molar-refractivity contribution in [2.24, 2.45) is 0 Å². The van der Waals surface area contributed by atoms with Crippen LogP contribution in [0.15, 0.2) is 89.9 Å². The zero-order valence-corrected chi connectivity index (χ0v) is 14.5. The van der Waals surface area contributed by atoms with Gasteiger partial charge in [0.15, 0.2) is 0 Å². The van der Waals surface area contributed by atoms with E-state index in [1.807, 2.05) is 66.7 Å². The van der Waals surface area contributed by atoms with Crippen LogP contribution in [-0.2, 0) is 11.3 Å². The number of anilines is 1. The van der Waals surface area contributed by atoms with E-state index < -0.39 is 0 Å². The summed E-state index contributed by atoms with van der Waals surface area (Å²) >= 11 is 0. The summed E-state index contributed by atoms with van der Waals surface area (Å²) in [5.74, 6) is -0.299. The maximum absolute atomic E-state index is 12.4. The Kier molecular flexibility index (Phi) is 4.49. The molecule has 5 heteroatoms. The second-order valence-electron chi connectivity index (χ2n) is 6.19. The molecule has 0 bridgehead atoms. The molecule has 0 unspecified atom stereocenters. The highest BCUT2D eigenvalue weighted by atomic mass is 16.2. The summed E-state index contributed by atoms with van der Waals surface area (Å²) in [4.78, 5) is 24.8. The van der Waals surface area contributed by atoms with Gasteiger partial charge in [-0.15, -0.1) is 0 Å². The Morgan fingerprint density at radius 2 is 1.52 bits per heavy atom. The van der Waals surface area contributed by atoms with E-state index in [2.05, 4.69) is 10.4 Å². The second kappa shape index (κ2) is 7.25. The van der Waals surface area contributed by atoms with E-state index in [0.29, 0.717) is 11.1 Å². The molecule has 1 amide bonds. The summed E-state index contributed by atoms with van der Waals surface area (Å²) in [6.07, 6.45) is 1.60. The summed E-state index contributed by atoms with van der Waals surface area (Å²) in [6, 6.07) is 24.8. The molecule has 1 N–H and O–H groups in total. The highest BCUT2D eigenvalue weighted by molar-refractivity contribution is 5.91. The van der Waals surface area contributed by atoms with Crippen LogP contribution in [0.1, 0.15) is 0 Å². The molecule has 132 valence electrons. The molecule has 0 aliphatic carbocycles. The third-order valence-electron chi connectivity index (χ3n) is 4.33. The van der Waals surface area contributed by atoms with E-state index in [1.165, 1.54) is 4.68 Å². The van der Waals surface area contributed by atoms with Gasteiger partial charge in [-0.1, -0.05) is 60.7 Å². The molecule has 27 heavy (non-hydrogen) atoms. The molecule has 0 radical (unpaired) electrons. The van der Waals surface area contributed by atoms with Gasteiger partial charge in [0.25, 0.3) is 5.56 Å². The number of benzene rings is 3. The summed E-state index contributed by atoms with van der Waals surface area (Å²) in [7, 11) is 0. The minimum Gasteiger partial charge on any atom is -0.324 e. The van der Waals surface area contributed by atoms with Gasteiger partial charge in [-0.3, -0.25) is 9.59 Å². The van der Waals surface area contributed by atoms with Crippen molar-refractivity contribution in [1.29, 1.82) is 0 Å². The predicted octanol–water partition coefficient (Wildman–Crippen LogP) is 3.70. The molecule has 0 atom stereocenters. The van der Waals surface area contributed by atoms with Crippen molar-refractivity contribution in [3.63, 3.8) is 0 Å². The van der Waals surface area contributed by atoms with Gasteiger partial charge in [0, 0.05) is 11.1 Å². The minimum atomic E-state index is -0.299. The zero-order valence-electron chi connectivity index (χ0n) is 14.5. The zero-order chi connectivity index (χ0) is 18.6. The average molecular weight is 355 g/mol.